The first-order valence-corrected chi connectivity index (χ1v) is 11.1. The third-order valence-corrected chi connectivity index (χ3v) is 6.07. The van der Waals surface area contributed by atoms with Gasteiger partial charge in [0.15, 0.2) is 0 Å². The maximum atomic E-state index is 13.1. The van der Waals surface area contributed by atoms with E-state index in [0.717, 1.165) is 29.8 Å². The molecule has 5 rings (SSSR count). The number of benzene rings is 2. The van der Waals surface area contributed by atoms with Gasteiger partial charge in [0.25, 0.3) is 0 Å². The number of halogens is 1. The fraction of sp³-hybridized carbons (Fsp3) is 0.192. The summed E-state index contributed by atoms with van der Waals surface area (Å²) in [5.74, 6) is 1.42. The number of anilines is 1. The molecular weight excluding hydrogens is 433 g/mol. The first-order chi connectivity index (χ1) is 16.5. The van der Waals surface area contributed by atoms with E-state index in [1.807, 2.05) is 34.9 Å². The van der Waals surface area contributed by atoms with Crippen LogP contribution in [-0.2, 0) is 11.4 Å². The summed E-state index contributed by atoms with van der Waals surface area (Å²) in [6.45, 7) is 4.64. The van der Waals surface area contributed by atoms with Crippen molar-refractivity contribution in [2.75, 3.05) is 12.3 Å². The lowest BCUT2D eigenvalue weighted by atomic mass is 10.1. The molecule has 1 fully saturated rings. The standard InChI is InChI=1S/C26H24FN5O2/c1-2-22(33)31-14-3-4-21(31)26-30-23(24-25(28)29-13-15-32(24)26)18-7-11-20(12-8-18)34-16-17-5-9-19(27)10-6-17/h2,5-13,15,21H,1,3-4,14,16H2,(H2,28,29)/t21-/m0/s1. The van der Waals surface area contributed by atoms with E-state index in [9.17, 15) is 9.18 Å². The summed E-state index contributed by atoms with van der Waals surface area (Å²) in [5, 5.41) is 0. The second-order valence-corrected chi connectivity index (χ2v) is 8.18. The lowest BCUT2D eigenvalue weighted by Gasteiger charge is -2.22. The molecule has 172 valence electrons. The summed E-state index contributed by atoms with van der Waals surface area (Å²) >= 11 is 0. The second-order valence-electron chi connectivity index (χ2n) is 8.18. The van der Waals surface area contributed by atoms with Gasteiger partial charge in [-0.25, -0.2) is 14.4 Å². The monoisotopic (exact) mass is 457 g/mol. The molecule has 1 amide bonds. The Morgan fingerprint density at radius 3 is 2.71 bits per heavy atom. The van der Waals surface area contributed by atoms with Gasteiger partial charge in [-0.05, 0) is 60.9 Å². The van der Waals surface area contributed by atoms with E-state index in [0.29, 0.717) is 35.9 Å². The van der Waals surface area contributed by atoms with Crippen LogP contribution in [0.25, 0.3) is 16.8 Å². The van der Waals surface area contributed by atoms with Gasteiger partial charge in [0.05, 0.1) is 6.04 Å². The highest BCUT2D eigenvalue weighted by molar-refractivity contribution is 5.88. The number of hydrogen-bond acceptors (Lipinski definition) is 5. The molecule has 0 bridgehead atoms. The van der Waals surface area contributed by atoms with Crippen LogP contribution in [0.15, 0.2) is 73.6 Å². The molecule has 0 radical (unpaired) electrons. The molecule has 2 N–H and O–H groups in total. The Kier molecular flexibility index (Phi) is 5.71. The van der Waals surface area contributed by atoms with Crippen molar-refractivity contribution in [3.05, 3.63) is 90.8 Å². The molecule has 4 aromatic rings. The molecular formula is C26H24FN5O2. The van der Waals surface area contributed by atoms with Crippen LogP contribution in [0.4, 0.5) is 10.2 Å². The summed E-state index contributed by atoms with van der Waals surface area (Å²) in [4.78, 5) is 23.4. The van der Waals surface area contributed by atoms with Crippen LogP contribution in [0.5, 0.6) is 5.75 Å². The van der Waals surface area contributed by atoms with Crippen molar-refractivity contribution in [1.29, 1.82) is 0 Å². The predicted molar refractivity (Wildman–Crippen MR) is 127 cm³/mol. The number of ether oxygens (including phenoxy) is 1. The van der Waals surface area contributed by atoms with Gasteiger partial charge in [-0.1, -0.05) is 18.7 Å². The number of nitrogens with zero attached hydrogens (tertiary/aromatic N) is 4. The molecule has 1 aliphatic rings. The fourth-order valence-electron chi connectivity index (χ4n) is 4.40. The maximum absolute atomic E-state index is 13.1. The number of amides is 1. The molecule has 8 heteroatoms. The minimum atomic E-state index is -0.275. The number of rotatable bonds is 6. The van der Waals surface area contributed by atoms with Crippen molar-refractivity contribution >= 4 is 17.2 Å². The van der Waals surface area contributed by atoms with Crippen LogP contribution in [0.2, 0.25) is 0 Å². The van der Waals surface area contributed by atoms with Gasteiger partial charge < -0.3 is 15.4 Å². The van der Waals surface area contributed by atoms with Crippen molar-refractivity contribution < 1.29 is 13.9 Å². The molecule has 7 nitrogen and oxygen atoms in total. The van der Waals surface area contributed by atoms with Gasteiger partial charge in [0.1, 0.15) is 41.0 Å². The van der Waals surface area contributed by atoms with Crippen molar-refractivity contribution in [3.63, 3.8) is 0 Å². The molecule has 2 aromatic heterocycles. The minimum Gasteiger partial charge on any atom is -0.489 e. The summed E-state index contributed by atoms with van der Waals surface area (Å²) < 4.78 is 20.9. The molecule has 1 atom stereocenters. The molecule has 0 spiro atoms. The lowest BCUT2D eigenvalue weighted by Crippen LogP contribution is -2.29. The van der Waals surface area contributed by atoms with Crippen LogP contribution >= 0.6 is 0 Å². The van der Waals surface area contributed by atoms with E-state index in [1.54, 1.807) is 23.2 Å². The van der Waals surface area contributed by atoms with E-state index in [4.69, 9.17) is 15.5 Å². The Bertz CT molecular complexity index is 1350. The molecule has 0 unspecified atom stereocenters. The summed E-state index contributed by atoms with van der Waals surface area (Å²) in [6, 6.07) is 13.6. The smallest absolute Gasteiger partial charge is 0.246 e. The first-order valence-electron chi connectivity index (χ1n) is 11.1. The molecule has 3 heterocycles. The van der Waals surface area contributed by atoms with Gasteiger partial charge in [0, 0.05) is 24.5 Å². The van der Waals surface area contributed by atoms with Gasteiger partial charge in [-0.15, -0.1) is 0 Å². The first kappa shape index (κ1) is 21.6. The Labute approximate surface area is 196 Å². The summed E-state index contributed by atoms with van der Waals surface area (Å²) in [6.07, 6.45) is 6.52. The third-order valence-electron chi connectivity index (χ3n) is 6.07. The normalized spacial score (nSPS) is 15.6. The summed E-state index contributed by atoms with van der Waals surface area (Å²) in [7, 11) is 0. The Morgan fingerprint density at radius 1 is 1.21 bits per heavy atom. The van der Waals surface area contributed by atoms with E-state index in [1.165, 1.54) is 18.2 Å². The number of hydrogen-bond donors (Lipinski definition) is 1. The average Bonchev–Trinajstić information content (AvgIpc) is 3.49. The zero-order valence-electron chi connectivity index (χ0n) is 18.5. The molecule has 0 aliphatic carbocycles. The number of fused-ring (bicyclic) bond motifs is 1. The average molecular weight is 458 g/mol. The van der Waals surface area contributed by atoms with Crippen LogP contribution in [0.3, 0.4) is 0 Å². The topological polar surface area (TPSA) is 85.8 Å². The third kappa shape index (κ3) is 3.98. The van der Waals surface area contributed by atoms with Crippen molar-refractivity contribution in [2.24, 2.45) is 0 Å². The van der Waals surface area contributed by atoms with E-state index in [-0.39, 0.29) is 17.8 Å². The van der Waals surface area contributed by atoms with Crippen LogP contribution < -0.4 is 10.5 Å². The fourth-order valence-corrected chi connectivity index (χ4v) is 4.40. The largest absolute Gasteiger partial charge is 0.489 e. The number of carbonyl (C=O) groups excluding carboxylic acids is 1. The Balaban J connectivity index is 1.46. The highest BCUT2D eigenvalue weighted by atomic mass is 19.1. The molecule has 1 saturated heterocycles. The second kappa shape index (κ2) is 8.97. The van der Waals surface area contributed by atoms with Gasteiger partial charge >= 0.3 is 0 Å². The number of aromatic nitrogens is 3. The number of likely N-dealkylation sites (tertiary alicyclic amines) is 1. The SMILES string of the molecule is C=CC(=O)N1CCC[C@H]1c1nc(-c2ccc(OCc3ccc(F)cc3)cc2)c2c(N)nccn12. The number of nitrogen functional groups attached to an aromatic ring is 1. The quantitative estimate of drug-likeness (QED) is 0.430. The predicted octanol–water partition coefficient (Wildman–Crippen LogP) is 4.55. The van der Waals surface area contributed by atoms with E-state index < -0.39 is 0 Å². The highest BCUT2D eigenvalue weighted by Crippen LogP contribution is 2.36. The van der Waals surface area contributed by atoms with E-state index in [2.05, 4.69) is 11.6 Å². The Hall–Kier alpha value is -4.20. The zero-order valence-corrected chi connectivity index (χ0v) is 18.5. The van der Waals surface area contributed by atoms with Crippen molar-refractivity contribution in [1.82, 2.24) is 19.3 Å². The lowest BCUT2D eigenvalue weighted by molar-refractivity contribution is -0.127. The van der Waals surface area contributed by atoms with Gasteiger partial charge in [-0.2, -0.15) is 0 Å². The molecule has 2 aromatic carbocycles. The number of nitrogens with two attached hydrogens (primary N) is 1. The highest BCUT2D eigenvalue weighted by Gasteiger charge is 2.33. The van der Waals surface area contributed by atoms with Crippen LogP contribution in [0, 0.1) is 5.82 Å². The maximum Gasteiger partial charge on any atom is 0.246 e. The minimum absolute atomic E-state index is 0.106. The van der Waals surface area contributed by atoms with Gasteiger partial charge in [0.2, 0.25) is 5.91 Å². The number of carbonyl (C=O) groups is 1. The van der Waals surface area contributed by atoms with Crippen LogP contribution in [-0.4, -0.2) is 31.7 Å². The van der Waals surface area contributed by atoms with Crippen molar-refractivity contribution in [2.45, 2.75) is 25.5 Å². The Morgan fingerprint density at radius 2 is 1.97 bits per heavy atom. The zero-order chi connectivity index (χ0) is 23.7. The molecule has 1 aliphatic heterocycles. The van der Waals surface area contributed by atoms with E-state index >= 15 is 0 Å². The summed E-state index contributed by atoms with van der Waals surface area (Å²) in [5.41, 5.74) is 9.40. The molecule has 34 heavy (non-hydrogen) atoms. The van der Waals surface area contributed by atoms with Crippen molar-refractivity contribution in [3.8, 4) is 17.0 Å². The van der Waals surface area contributed by atoms with Gasteiger partial charge in [-0.3, -0.25) is 9.20 Å². The van der Waals surface area contributed by atoms with Crippen LogP contribution in [0.1, 0.15) is 30.3 Å². The molecule has 0 saturated carbocycles. The number of imidazole rings is 1.